The van der Waals surface area contributed by atoms with E-state index in [0.717, 1.165) is 32.0 Å². The summed E-state index contributed by atoms with van der Waals surface area (Å²) in [6.45, 7) is 2.21. The van der Waals surface area contributed by atoms with E-state index in [1.54, 1.807) is 18.2 Å². The second-order valence-corrected chi connectivity index (χ2v) is 7.24. The molecule has 1 saturated heterocycles. The first-order chi connectivity index (χ1) is 13.7. The maximum Gasteiger partial charge on any atom is 0.417 e. The molecule has 2 aromatic rings. The van der Waals surface area contributed by atoms with Crippen molar-refractivity contribution in [2.45, 2.75) is 31.7 Å². The smallest absolute Gasteiger partial charge is 0.317 e. The van der Waals surface area contributed by atoms with Gasteiger partial charge in [0.05, 0.1) is 11.1 Å². The molecule has 2 N–H and O–H groups in total. The van der Waals surface area contributed by atoms with Gasteiger partial charge in [-0.05, 0) is 67.2 Å². The standard InChI is InChI=1S/C21H22F6N2.2ClH/c22-20(23,24)17-10-16(13-29-12-14-6-8-28-9-7-14)19(15-4-2-1-3-5-15)18(11-17)21(25,26)27;;/h1-5,10-11,14,28-29H,6-9,12-13H2;2*1H. The predicted octanol–water partition coefficient (Wildman–Crippen LogP) is 6.32. The molecule has 0 aromatic heterocycles. The summed E-state index contributed by atoms with van der Waals surface area (Å²) in [6, 6.07) is 8.78. The molecule has 0 spiro atoms. The molecule has 0 saturated carbocycles. The normalized spacial score (nSPS) is 15.2. The van der Waals surface area contributed by atoms with E-state index in [2.05, 4.69) is 10.6 Å². The Bertz CT molecular complexity index is 819. The largest absolute Gasteiger partial charge is 0.417 e. The first-order valence-corrected chi connectivity index (χ1v) is 9.44. The molecule has 0 amide bonds. The minimum absolute atomic E-state index is 0. The summed E-state index contributed by atoms with van der Waals surface area (Å²) >= 11 is 0. The molecule has 1 fully saturated rings. The van der Waals surface area contributed by atoms with E-state index in [4.69, 9.17) is 0 Å². The fraction of sp³-hybridized carbons (Fsp3) is 0.429. The summed E-state index contributed by atoms with van der Waals surface area (Å²) in [5, 5.41) is 6.30. The summed E-state index contributed by atoms with van der Waals surface area (Å²) in [7, 11) is 0. The number of halogens is 8. The first-order valence-electron chi connectivity index (χ1n) is 9.44. The molecule has 2 nitrogen and oxygen atoms in total. The Labute approximate surface area is 189 Å². The number of nitrogens with one attached hydrogen (secondary N) is 2. The van der Waals surface area contributed by atoms with Crippen molar-refractivity contribution in [2.75, 3.05) is 19.6 Å². The highest BCUT2D eigenvalue weighted by Gasteiger charge is 2.39. The van der Waals surface area contributed by atoms with Gasteiger partial charge in [-0.3, -0.25) is 0 Å². The molecule has 2 aromatic carbocycles. The Morgan fingerprint density at radius 3 is 2.03 bits per heavy atom. The molecule has 0 aliphatic carbocycles. The lowest BCUT2D eigenvalue weighted by Crippen LogP contribution is -2.33. The average Bonchev–Trinajstić information content (AvgIpc) is 2.67. The summed E-state index contributed by atoms with van der Waals surface area (Å²) in [6.07, 6.45) is -7.92. The van der Waals surface area contributed by atoms with Gasteiger partial charge in [0.2, 0.25) is 0 Å². The predicted molar refractivity (Wildman–Crippen MR) is 114 cm³/mol. The van der Waals surface area contributed by atoms with E-state index in [1.165, 1.54) is 12.1 Å². The van der Waals surface area contributed by atoms with E-state index in [1.807, 2.05) is 0 Å². The zero-order valence-corrected chi connectivity index (χ0v) is 18.1. The minimum Gasteiger partial charge on any atom is -0.317 e. The van der Waals surface area contributed by atoms with Crippen molar-refractivity contribution in [3.63, 3.8) is 0 Å². The summed E-state index contributed by atoms with van der Waals surface area (Å²) < 4.78 is 81.0. The van der Waals surface area contributed by atoms with Crippen LogP contribution in [0, 0.1) is 5.92 Å². The molecule has 1 aliphatic heterocycles. The van der Waals surface area contributed by atoms with E-state index in [0.29, 0.717) is 12.5 Å². The number of benzene rings is 2. The molecule has 3 rings (SSSR count). The van der Waals surface area contributed by atoms with Crippen LogP contribution in [0.2, 0.25) is 0 Å². The third-order valence-corrected chi connectivity index (χ3v) is 5.12. The Kier molecular flexibility index (Phi) is 10.1. The fourth-order valence-electron chi connectivity index (χ4n) is 3.67. The quantitative estimate of drug-likeness (QED) is 0.481. The molecule has 0 bridgehead atoms. The van der Waals surface area contributed by atoms with Gasteiger partial charge in [-0.15, -0.1) is 24.8 Å². The number of hydrogen-bond acceptors (Lipinski definition) is 2. The van der Waals surface area contributed by atoms with Crippen LogP contribution in [0.4, 0.5) is 26.3 Å². The monoisotopic (exact) mass is 488 g/mol. The molecule has 1 aliphatic rings. The summed E-state index contributed by atoms with van der Waals surface area (Å²) in [5.74, 6) is 0.351. The average molecular weight is 489 g/mol. The van der Waals surface area contributed by atoms with Crippen LogP contribution in [0.5, 0.6) is 0 Å². The SMILES string of the molecule is Cl.Cl.FC(F)(F)c1cc(CNCC2CCNCC2)c(-c2ccccc2)c(C(F)(F)F)c1. The van der Waals surface area contributed by atoms with Gasteiger partial charge in [0.1, 0.15) is 0 Å². The van der Waals surface area contributed by atoms with Crippen LogP contribution in [0.3, 0.4) is 0 Å². The summed E-state index contributed by atoms with van der Waals surface area (Å²) in [5.41, 5.74) is -2.52. The Morgan fingerprint density at radius 2 is 1.48 bits per heavy atom. The Morgan fingerprint density at radius 1 is 0.871 bits per heavy atom. The molecule has 10 heteroatoms. The van der Waals surface area contributed by atoms with Gasteiger partial charge >= 0.3 is 12.4 Å². The van der Waals surface area contributed by atoms with E-state index < -0.39 is 23.5 Å². The van der Waals surface area contributed by atoms with Crippen LogP contribution in [-0.4, -0.2) is 19.6 Å². The van der Waals surface area contributed by atoms with Gasteiger partial charge in [0.15, 0.2) is 0 Å². The summed E-state index contributed by atoms with van der Waals surface area (Å²) in [4.78, 5) is 0. The highest BCUT2D eigenvalue weighted by Crippen LogP contribution is 2.43. The molecular formula is C21H24Cl2F6N2. The molecule has 0 atom stereocenters. The van der Waals surface area contributed by atoms with Crippen molar-refractivity contribution in [3.8, 4) is 11.1 Å². The molecule has 31 heavy (non-hydrogen) atoms. The second-order valence-electron chi connectivity index (χ2n) is 7.24. The van der Waals surface area contributed by atoms with Crippen molar-refractivity contribution in [3.05, 3.63) is 59.2 Å². The number of piperidine rings is 1. The van der Waals surface area contributed by atoms with E-state index >= 15 is 0 Å². The highest BCUT2D eigenvalue weighted by molar-refractivity contribution is 5.85. The van der Waals surface area contributed by atoms with Gasteiger partial charge in [0, 0.05) is 6.54 Å². The first kappa shape index (κ1) is 27.6. The van der Waals surface area contributed by atoms with Crippen LogP contribution >= 0.6 is 24.8 Å². The lowest BCUT2D eigenvalue weighted by atomic mass is 9.91. The molecule has 0 unspecified atom stereocenters. The van der Waals surface area contributed by atoms with Crippen molar-refractivity contribution in [1.29, 1.82) is 0 Å². The fourth-order valence-corrected chi connectivity index (χ4v) is 3.67. The van der Waals surface area contributed by atoms with E-state index in [9.17, 15) is 26.3 Å². The molecular weight excluding hydrogens is 465 g/mol. The van der Waals surface area contributed by atoms with Crippen molar-refractivity contribution < 1.29 is 26.3 Å². The van der Waals surface area contributed by atoms with E-state index in [-0.39, 0.29) is 54.1 Å². The van der Waals surface area contributed by atoms with Gasteiger partial charge in [-0.25, -0.2) is 0 Å². The number of alkyl halides is 6. The zero-order chi connectivity index (χ0) is 21.1. The number of rotatable bonds is 5. The zero-order valence-electron chi connectivity index (χ0n) is 16.4. The lowest BCUT2D eigenvalue weighted by Gasteiger charge is -2.24. The van der Waals surface area contributed by atoms with Crippen LogP contribution in [0.15, 0.2) is 42.5 Å². The Balaban J connectivity index is 0.00000240. The van der Waals surface area contributed by atoms with Crippen LogP contribution < -0.4 is 10.6 Å². The van der Waals surface area contributed by atoms with Crippen LogP contribution in [0.1, 0.15) is 29.5 Å². The minimum atomic E-state index is -4.91. The molecule has 0 radical (unpaired) electrons. The molecule has 1 heterocycles. The second kappa shape index (κ2) is 11.4. The molecule has 174 valence electrons. The van der Waals surface area contributed by atoms with Gasteiger partial charge in [-0.2, -0.15) is 26.3 Å². The van der Waals surface area contributed by atoms with Gasteiger partial charge < -0.3 is 10.6 Å². The van der Waals surface area contributed by atoms with Crippen molar-refractivity contribution >= 4 is 24.8 Å². The highest BCUT2D eigenvalue weighted by atomic mass is 35.5. The van der Waals surface area contributed by atoms with Crippen molar-refractivity contribution in [1.82, 2.24) is 10.6 Å². The maximum absolute atomic E-state index is 13.7. The van der Waals surface area contributed by atoms with Crippen molar-refractivity contribution in [2.24, 2.45) is 5.92 Å². The van der Waals surface area contributed by atoms with Gasteiger partial charge in [0.25, 0.3) is 0 Å². The van der Waals surface area contributed by atoms with Crippen LogP contribution in [0.25, 0.3) is 11.1 Å². The third-order valence-electron chi connectivity index (χ3n) is 5.12. The third kappa shape index (κ3) is 7.27. The van der Waals surface area contributed by atoms with Gasteiger partial charge in [-0.1, -0.05) is 30.3 Å². The Hall–Kier alpha value is -1.48. The topological polar surface area (TPSA) is 24.1 Å². The van der Waals surface area contributed by atoms with Crippen LogP contribution in [-0.2, 0) is 18.9 Å². The number of hydrogen-bond donors (Lipinski definition) is 2. The lowest BCUT2D eigenvalue weighted by molar-refractivity contribution is -0.142. The maximum atomic E-state index is 13.7.